The first kappa shape index (κ1) is 17.8. The van der Waals surface area contributed by atoms with E-state index in [0.717, 1.165) is 11.3 Å². The zero-order valence-electron chi connectivity index (χ0n) is 12.9. The third-order valence-electron chi connectivity index (χ3n) is 3.51. The number of hydrogen-bond acceptors (Lipinski definition) is 4. The summed E-state index contributed by atoms with van der Waals surface area (Å²) in [5.41, 5.74) is 1.46. The first-order chi connectivity index (χ1) is 11.8. The summed E-state index contributed by atoms with van der Waals surface area (Å²) >= 11 is 12.2. The van der Waals surface area contributed by atoms with Crippen molar-refractivity contribution in [2.45, 2.75) is 11.4 Å². The molecule has 1 heterocycles. The van der Waals surface area contributed by atoms with E-state index in [1.165, 1.54) is 12.1 Å². The number of rotatable bonds is 5. The van der Waals surface area contributed by atoms with Gasteiger partial charge in [-0.05, 0) is 54.6 Å². The van der Waals surface area contributed by atoms with Crippen molar-refractivity contribution in [3.8, 4) is 11.3 Å². The molecule has 0 aliphatic heterocycles. The molecule has 0 spiro atoms. The normalized spacial score (nSPS) is 11.5. The highest BCUT2D eigenvalue weighted by atomic mass is 35.5. The van der Waals surface area contributed by atoms with Crippen molar-refractivity contribution in [1.29, 1.82) is 0 Å². The Bertz CT molecular complexity index is 999. The molecule has 0 saturated carbocycles. The van der Waals surface area contributed by atoms with Gasteiger partial charge in [0.25, 0.3) is 0 Å². The van der Waals surface area contributed by atoms with Crippen LogP contribution in [0.4, 0.5) is 5.69 Å². The smallest absolute Gasteiger partial charge is 0.238 e. The quantitative estimate of drug-likeness (QED) is 0.663. The fourth-order valence-electron chi connectivity index (χ4n) is 2.26. The molecule has 0 aliphatic carbocycles. The van der Waals surface area contributed by atoms with E-state index < -0.39 is 10.0 Å². The molecule has 2 aromatic carbocycles. The van der Waals surface area contributed by atoms with E-state index in [-0.39, 0.29) is 4.90 Å². The molecule has 5 nitrogen and oxygen atoms in total. The standard InChI is InChI=1S/C17H14Cl2N2O3S/c18-11-1-7-16(19)15(9-11)17-8-4-13(24-17)10-21-12-2-5-14(6-3-12)25(20,22)23/h1-9,21H,10H2,(H2,20,22,23). The topological polar surface area (TPSA) is 85.3 Å². The molecule has 3 rings (SSSR count). The molecule has 0 unspecified atom stereocenters. The minimum absolute atomic E-state index is 0.0638. The molecule has 0 aliphatic rings. The van der Waals surface area contributed by atoms with Gasteiger partial charge in [0.15, 0.2) is 0 Å². The average Bonchev–Trinajstić information content (AvgIpc) is 3.03. The minimum atomic E-state index is -3.69. The van der Waals surface area contributed by atoms with Crippen LogP contribution in [0.25, 0.3) is 11.3 Å². The van der Waals surface area contributed by atoms with Gasteiger partial charge in [-0.1, -0.05) is 23.2 Å². The number of hydrogen-bond donors (Lipinski definition) is 2. The Kier molecular flexibility index (Phi) is 5.06. The Morgan fingerprint density at radius 2 is 1.72 bits per heavy atom. The van der Waals surface area contributed by atoms with E-state index >= 15 is 0 Å². The maximum Gasteiger partial charge on any atom is 0.238 e. The summed E-state index contributed by atoms with van der Waals surface area (Å²) < 4.78 is 28.3. The summed E-state index contributed by atoms with van der Waals surface area (Å²) in [7, 11) is -3.69. The van der Waals surface area contributed by atoms with Gasteiger partial charge in [0.1, 0.15) is 11.5 Å². The van der Waals surface area contributed by atoms with Crippen LogP contribution >= 0.6 is 23.2 Å². The number of nitrogens with one attached hydrogen (secondary N) is 1. The van der Waals surface area contributed by atoms with E-state index in [1.54, 1.807) is 30.3 Å². The van der Waals surface area contributed by atoms with Crippen molar-refractivity contribution in [2.75, 3.05) is 5.32 Å². The molecule has 0 amide bonds. The van der Waals surface area contributed by atoms with Crippen molar-refractivity contribution < 1.29 is 12.8 Å². The Morgan fingerprint density at radius 3 is 2.40 bits per heavy atom. The summed E-state index contributed by atoms with van der Waals surface area (Å²) in [6, 6.07) is 15.0. The van der Waals surface area contributed by atoms with Crippen molar-refractivity contribution >= 4 is 38.9 Å². The summed E-state index contributed by atoms with van der Waals surface area (Å²) in [5, 5.41) is 9.34. The van der Waals surface area contributed by atoms with Gasteiger partial charge in [-0.3, -0.25) is 0 Å². The second-order valence-corrected chi connectivity index (χ2v) is 7.72. The van der Waals surface area contributed by atoms with Crippen LogP contribution in [0.5, 0.6) is 0 Å². The molecule has 8 heteroatoms. The Morgan fingerprint density at radius 1 is 1.00 bits per heavy atom. The number of furan rings is 1. The van der Waals surface area contributed by atoms with Crippen molar-refractivity contribution in [3.05, 3.63) is 70.4 Å². The molecular formula is C17H14Cl2N2O3S. The van der Waals surface area contributed by atoms with Gasteiger partial charge in [0, 0.05) is 16.3 Å². The van der Waals surface area contributed by atoms with E-state index in [9.17, 15) is 8.42 Å². The SMILES string of the molecule is NS(=O)(=O)c1ccc(NCc2ccc(-c3cc(Cl)ccc3Cl)o2)cc1. The number of sulfonamides is 1. The number of anilines is 1. The summed E-state index contributed by atoms with van der Waals surface area (Å²) in [6.45, 7) is 0.424. The van der Waals surface area contributed by atoms with Crippen LogP contribution in [-0.4, -0.2) is 8.42 Å². The second-order valence-electron chi connectivity index (χ2n) is 5.31. The Labute approximate surface area is 155 Å². The molecule has 130 valence electrons. The van der Waals surface area contributed by atoms with E-state index in [2.05, 4.69) is 5.32 Å². The molecular weight excluding hydrogens is 383 g/mol. The number of nitrogens with two attached hydrogens (primary N) is 1. The molecule has 0 bridgehead atoms. The Balaban J connectivity index is 1.71. The van der Waals surface area contributed by atoms with Crippen LogP contribution in [0.1, 0.15) is 5.76 Å². The maximum atomic E-state index is 11.2. The Hall–Kier alpha value is -1.99. The minimum Gasteiger partial charge on any atom is -0.459 e. The molecule has 1 aromatic heterocycles. The van der Waals surface area contributed by atoms with Crippen LogP contribution in [0.2, 0.25) is 10.0 Å². The molecule has 3 aromatic rings. The van der Waals surface area contributed by atoms with Crippen molar-refractivity contribution in [2.24, 2.45) is 5.14 Å². The van der Waals surface area contributed by atoms with Crippen molar-refractivity contribution in [3.63, 3.8) is 0 Å². The summed E-state index contributed by atoms with van der Waals surface area (Å²) in [5.74, 6) is 1.32. The van der Waals surface area contributed by atoms with Crippen LogP contribution < -0.4 is 10.5 Å². The summed E-state index contributed by atoms with van der Waals surface area (Å²) in [6.07, 6.45) is 0. The monoisotopic (exact) mass is 396 g/mol. The third kappa shape index (κ3) is 4.35. The van der Waals surface area contributed by atoms with Gasteiger partial charge < -0.3 is 9.73 Å². The number of primary sulfonamides is 1. The van der Waals surface area contributed by atoms with E-state index in [1.807, 2.05) is 12.1 Å². The molecule has 0 saturated heterocycles. The predicted octanol–water partition coefficient (Wildman–Crippen LogP) is 4.51. The molecule has 0 radical (unpaired) electrons. The van der Waals surface area contributed by atoms with Gasteiger partial charge in [0.2, 0.25) is 10.0 Å². The molecule has 3 N–H and O–H groups in total. The highest BCUT2D eigenvalue weighted by Crippen LogP contribution is 2.32. The zero-order chi connectivity index (χ0) is 18.0. The lowest BCUT2D eigenvalue weighted by Crippen LogP contribution is -2.11. The lowest BCUT2D eigenvalue weighted by Gasteiger charge is -2.06. The molecule has 25 heavy (non-hydrogen) atoms. The van der Waals surface area contributed by atoms with Crippen LogP contribution in [0, 0.1) is 0 Å². The van der Waals surface area contributed by atoms with E-state index in [0.29, 0.717) is 28.1 Å². The lowest BCUT2D eigenvalue weighted by atomic mass is 10.2. The second kappa shape index (κ2) is 7.09. The van der Waals surface area contributed by atoms with Gasteiger partial charge >= 0.3 is 0 Å². The number of benzene rings is 2. The largest absolute Gasteiger partial charge is 0.459 e. The lowest BCUT2D eigenvalue weighted by molar-refractivity contribution is 0.531. The van der Waals surface area contributed by atoms with Gasteiger partial charge in [0.05, 0.1) is 16.5 Å². The van der Waals surface area contributed by atoms with Gasteiger partial charge in [-0.2, -0.15) is 0 Å². The fraction of sp³-hybridized carbons (Fsp3) is 0.0588. The van der Waals surface area contributed by atoms with Crippen LogP contribution in [0.15, 0.2) is 63.9 Å². The predicted molar refractivity (Wildman–Crippen MR) is 99.3 cm³/mol. The van der Waals surface area contributed by atoms with Crippen LogP contribution in [-0.2, 0) is 16.6 Å². The molecule has 0 fully saturated rings. The van der Waals surface area contributed by atoms with Gasteiger partial charge in [-0.15, -0.1) is 0 Å². The van der Waals surface area contributed by atoms with E-state index in [4.69, 9.17) is 32.8 Å². The average molecular weight is 397 g/mol. The maximum absolute atomic E-state index is 11.2. The summed E-state index contributed by atoms with van der Waals surface area (Å²) in [4.78, 5) is 0.0638. The fourth-order valence-corrected chi connectivity index (χ4v) is 3.15. The third-order valence-corrected chi connectivity index (χ3v) is 5.00. The van der Waals surface area contributed by atoms with Gasteiger partial charge in [-0.25, -0.2) is 13.6 Å². The highest BCUT2D eigenvalue weighted by Gasteiger charge is 2.10. The first-order valence-electron chi connectivity index (χ1n) is 7.24. The molecule has 0 atom stereocenters. The zero-order valence-corrected chi connectivity index (χ0v) is 15.2. The van der Waals surface area contributed by atoms with Crippen LogP contribution in [0.3, 0.4) is 0 Å². The number of halogens is 2. The van der Waals surface area contributed by atoms with Crippen molar-refractivity contribution in [1.82, 2.24) is 0 Å². The highest BCUT2D eigenvalue weighted by molar-refractivity contribution is 7.89. The first-order valence-corrected chi connectivity index (χ1v) is 9.54.